The molecule has 0 aliphatic heterocycles. The molecule has 182 valence electrons. The zero-order valence-electron chi connectivity index (χ0n) is 21.5. The maximum atomic E-state index is 6.03. The molecule has 4 aromatic rings. The van der Waals surface area contributed by atoms with Gasteiger partial charge in [0.1, 0.15) is 24.8 Å². The van der Waals surface area contributed by atoms with Gasteiger partial charge in [-0.2, -0.15) is 10.2 Å². The molecular weight excluding hydrogens is 456 g/mol. The van der Waals surface area contributed by atoms with Crippen molar-refractivity contribution in [2.24, 2.45) is 0 Å². The number of para-hydroxylation sites is 2. The van der Waals surface area contributed by atoms with Crippen molar-refractivity contribution in [2.75, 3.05) is 13.2 Å². The first-order valence-corrected chi connectivity index (χ1v) is 19.6. The van der Waals surface area contributed by atoms with Gasteiger partial charge in [-0.25, -0.2) is 9.36 Å². The standard InChI is InChI=1S/C26H38N4O2Si2/c1-33(2,3)17-15-31-19-29-23-13-9-7-11-21(23)25(27-29)26-22-12-8-10-14-24(22)30(28-26)20-32-16-18-34(4,5)6/h7-14H,15-20H2,1-6H3. The number of benzene rings is 2. The first-order chi connectivity index (χ1) is 16.1. The van der Waals surface area contributed by atoms with Gasteiger partial charge in [-0.1, -0.05) is 75.7 Å². The summed E-state index contributed by atoms with van der Waals surface area (Å²) < 4.78 is 16.0. The molecule has 0 radical (unpaired) electrons. The molecule has 2 heterocycles. The summed E-state index contributed by atoms with van der Waals surface area (Å²) in [5, 5.41) is 12.1. The van der Waals surface area contributed by atoms with E-state index in [0.717, 1.165) is 58.5 Å². The maximum absolute atomic E-state index is 6.03. The van der Waals surface area contributed by atoms with Crippen LogP contribution in [0.1, 0.15) is 0 Å². The van der Waals surface area contributed by atoms with E-state index in [-0.39, 0.29) is 0 Å². The van der Waals surface area contributed by atoms with Crippen molar-refractivity contribution in [3.8, 4) is 11.4 Å². The van der Waals surface area contributed by atoms with Crippen LogP contribution < -0.4 is 0 Å². The molecule has 0 unspecified atom stereocenters. The highest BCUT2D eigenvalue weighted by Crippen LogP contribution is 2.32. The molecule has 0 saturated carbocycles. The van der Waals surface area contributed by atoms with E-state index in [4.69, 9.17) is 19.7 Å². The minimum atomic E-state index is -1.13. The van der Waals surface area contributed by atoms with Gasteiger partial charge in [0.25, 0.3) is 0 Å². The Hall–Kier alpha value is -2.27. The molecule has 34 heavy (non-hydrogen) atoms. The lowest BCUT2D eigenvalue weighted by Crippen LogP contribution is -2.22. The van der Waals surface area contributed by atoms with Gasteiger partial charge in [-0.05, 0) is 24.2 Å². The topological polar surface area (TPSA) is 54.1 Å². The first kappa shape index (κ1) is 24.8. The van der Waals surface area contributed by atoms with E-state index in [0.29, 0.717) is 13.5 Å². The Morgan fingerprint density at radius 2 is 1.00 bits per heavy atom. The Bertz CT molecular complexity index is 1150. The lowest BCUT2D eigenvalue weighted by Gasteiger charge is -2.15. The van der Waals surface area contributed by atoms with Gasteiger partial charge in [0.2, 0.25) is 0 Å². The second-order valence-corrected chi connectivity index (χ2v) is 22.7. The van der Waals surface area contributed by atoms with Gasteiger partial charge in [-0.3, -0.25) is 0 Å². The lowest BCUT2D eigenvalue weighted by atomic mass is 10.1. The summed E-state index contributed by atoms with van der Waals surface area (Å²) in [5.41, 5.74) is 3.91. The minimum absolute atomic E-state index is 0.448. The normalized spacial score (nSPS) is 12.8. The number of fused-ring (bicyclic) bond motifs is 2. The van der Waals surface area contributed by atoms with Crippen molar-refractivity contribution in [2.45, 2.75) is 64.8 Å². The third kappa shape index (κ3) is 6.04. The average molecular weight is 495 g/mol. The van der Waals surface area contributed by atoms with E-state index in [1.807, 2.05) is 9.36 Å². The minimum Gasteiger partial charge on any atom is -0.360 e. The first-order valence-electron chi connectivity index (χ1n) is 12.2. The summed E-state index contributed by atoms with van der Waals surface area (Å²) in [5.74, 6) is 0. The van der Waals surface area contributed by atoms with Crippen LogP contribution in [-0.2, 0) is 22.9 Å². The Morgan fingerprint density at radius 1 is 0.618 bits per heavy atom. The van der Waals surface area contributed by atoms with E-state index in [9.17, 15) is 0 Å². The average Bonchev–Trinajstić information content (AvgIpc) is 3.32. The van der Waals surface area contributed by atoms with Crippen molar-refractivity contribution < 1.29 is 9.47 Å². The van der Waals surface area contributed by atoms with E-state index in [1.54, 1.807) is 0 Å². The molecule has 0 N–H and O–H groups in total. The van der Waals surface area contributed by atoms with Crippen LogP contribution in [0.4, 0.5) is 0 Å². The van der Waals surface area contributed by atoms with Crippen molar-refractivity contribution in [1.29, 1.82) is 0 Å². The fraction of sp³-hybridized carbons (Fsp3) is 0.462. The molecular formula is C26H38N4O2Si2. The SMILES string of the molecule is C[Si](C)(C)CCOCn1nc(-c2nn(COCC[Si](C)(C)C)c3ccccc23)c2ccccc21. The molecule has 8 heteroatoms. The van der Waals surface area contributed by atoms with E-state index >= 15 is 0 Å². The van der Waals surface area contributed by atoms with Gasteiger partial charge in [0, 0.05) is 40.1 Å². The molecule has 6 nitrogen and oxygen atoms in total. The molecule has 0 aliphatic carbocycles. The lowest BCUT2D eigenvalue weighted by molar-refractivity contribution is 0.0812. The number of hydrogen-bond acceptors (Lipinski definition) is 4. The summed E-state index contributed by atoms with van der Waals surface area (Å²) in [6, 6.07) is 19.0. The third-order valence-corrected chi connectivity index (χ3v) is 9.37. The van der Waals surface area contributed by atoms with Crippen LogP contribution in [0, 0.1) is 0 Å². The summed E-state index contributed by atoms with van der Waals surface area (Å²) >= 11 is 0. The largest absolute Gasteiger partial charge is 0.360 e. The highest BCUT2D eigenvalue weighted by atomic mass is 28.3. The molecule has 0 spiro atoms. The number of ether oxygens (including phenoxy) is 2. The van der Waals surface area contributed by atoms with Gasteiger partial charge in [0.15, 0.2) is 0 Å². The summed E-state index contributed by atoms with van der Waals surface area (Å²) in [4.78, 5) is 0. The van der Waals surface area contributed by atoms with Crippen LogP contribution in [0.15, 0.2) is 48.5 Å². The molecule has 0 fully saturated rings. The summed E-state index contributed by atoms with van der Waals surface area (Å²) in [6.45, 7) is 16.6. The number of aromatic nitrogens is 4. The fourth-order valence-corrected chi connectivity index (χ4v) is 5.37. The predicted octanol–water partition coefficient (Wildman–Crippen LogP) is 6.68. The fourth-order valence-electron chi connectivity index (χ4n) is 3.86. The number of rotatable bonds is 11. The van der Waals surface area contributed by atoms with Gasteiger partial charge < -0.3 is 9.47 Å². The number of hydrogen-bond donors (Lipinski definition) is 0. The van der Waals surface area contributed by atoms with Crippen LogP contribution in [0.25, 0.3) is 33.2 Å². The number of nitrogens with zero attached hydrogens (tertiary/aromatic N) is 4. The summed E-state index contributed by atoms with van der Waals surface area (Å²) in [6.07, 6.45) is 0. The molecule has 2 aromatic carbocycles. The van der Waals surface area contributed by atoms with Gasteiger partial charge >= 0.3 is 0 Å². The Kier molecular flexibility index (Phi) is 7.42. The zero-order valence-corrected chi connectivity index (χ0v) is 23.5. The van der Waals surface area contributed by atoms with Crippen molar-refractivity contribution in [1.82, 2.24) is 19.6 Å². The maximum Gasteiger partial charge on any atom is 0.140 e. The quantitative estimate of drug-likeness (QED) is 0.172. The Balaban J connectivity index is 1.62. The predicted molar refractivity (Wildman–Crippen MR) is 147 cm³/mol. The van der Waals surface area contributed by atoms with Crippen molar-refractivity contribution in [3.63, 3.8) is 0 Å². The Labute approximate surface area is 204 Å². The van der Waals surface area contributed by atoms with Crippen molar-refractivity contribution in [3.05, 3.63) is 48.5 Å². The molecule has 4 rings (SSSR count). The second kappa shape index (κ2) is 10.2. The van der Waals surface area contributed by atoms with Crippen LogP contribution in [0.3, 0.4) is 0 Å². The Morgan fingerprint density at radius 3 is 1.38 bits per heavy atom. The monoisotopic (exact) mass is 494 g/mol. The molecule has 0 amide bonds. The second-order valence-electron chi connectivity index (χ2n) is 11.4. The van der Waals surface area contributed by atoms with E-state index in [2.05, 4.69) is 87.8 Å². The van der Waals surface area contributed by atoms with Crippen LogP contribution in [-0.4, -0.2) is 48.9 Å². The molecule has 0 bridgehead atoms. The smallest absolute Gasteiger partial charge is 0.140 e. The molecule has 0 saturated heterocycles. The molecule has 0 atom stereocenters. The molecule has 0 aliphatic rings. The van der Waals surface area contributed by atoms with Crippen LogP contribution in [0.2, 0.25) is 51.4 Å². The third-order valence-electron chi connectivity index (χ3n) is 5.96. The van der Waals surface area contributed by atoms with E-state index < -0.39 is 16.1 Å². The van der Waals surface area contributed by atoms with Gasteiger partial charge in [-0.15, -0.1) is 0 Å². The molecule has 2 aromatic heterocycles. The highest BCUT2D eigenvalue weighted by Gasteiger charge is 2.20. The van der Waals surface area contributed by atoms with Crippen molar-refractivity contribution >= 4 is 38.0 Å². The van der Waals surface area contributed by atoms with Gasteiger partial charge in [0.05, 0.1) is 11.0 Å². The zero-order chi connectivity index (χ0) is 24.3. The highest BCUT2D eigenvalue weighted by molar-refractivity contribution is 6.76. The van der Waals surface area contributed by atoms with Crippen LogP contribution in [0.5, 0.6) is 0 Å². The summed E-state index contributed by atoms with van der Waals surface area (Å²) in [7, 11) is -2.25. The van der Waals surface area contributed by atoms with E-state index in [1.165, 1.54) is 0 Å². The van der Waals surface area contributed by atoms with Crippen LogP contribution >= 0.6 is 0 Å².